The van der Waals surface area contributed by atoms with E-state index in [4.69, 9.17) is 4.42 Å². The van der Waals surface area contributed by atoms with Crippen LogP contribution in [0.2, 0.25) is 0 Å². The molecule has 0 aliphatic carbocycles. The van der Waals surface area contributed by atoms with Gasteiger partial charge in [-0.1, -0.05) is 17.4 Å². The number of H-pyrrole nitrogens is 1. The molecule has 0 aliphatic heterocycles. The first-order chi connectivity index (χ1) is 8.65. The number of furan rings is 1. The van der Waals surface area contributed by atoms with E-state index in [-0.39, 0.29) is 16.5 Å². The molecule has 0 saturated carbocycles. The number of phenols is 1. The molecule has 3 aromatic rings. The molecule has 0 atom stereocenters. The molecule has 0 fully saturated rings. The van der Waals surface area contributed by atoms with Gasteiger partial charge in [0.1, 0.15) is 11.3 Å². The van der Waals surface area contributed by atoms with Crippen molar-refractivity contribution < 1.29 is 14.6 Å². The van der Waals surface area contributed by atoms with E-state index in [1.54, 1.807) is 18.2 Å². The van der Waals surface area contributed by atoms with Gasteiger partial charge in [0.05, 0.1) is 16.5 Å². The molecule has 3 rings (SSSR count). The summed E-state index contributed by atoms with van der Waals surface area (Å²) >= 11 is 0.959. The molecule has 0 saturated heterocycles. The first-order valence-corrected chi connectivity index (χ1v) is 6.06. The standard InChI is InChI=1S/C12H9NO4S/c14-8-2-1-6(10-7(8)3-4-17-10)5-9-11(15)13-12(16)18-9/h1-4,14-15H,5H2,(H,13,16). The smallest absolute Gasteiger partial charge is 0.307 e. The van der Waals surface area contributed by atoms with Gasteiger partial charge in [-0.25, -0.2) is 0 Å². The summed E-state index contributed by atoms with van der Waals surface area (Å²) in [5.41, 5.74) is 1.37. The van der Waals surface area contributed by atoms with Crippen molar-refractivity contribution in [3.63, 3.8) is 0 Å². The lowest BCUT2D eigenvalue weighted by Crippen LogP contribution is -1.89. The lowest BCUT2D eigenvalue weighted by atomic mass is 10.1. The molecule has 6 heteroatoms. The largest absolute Gasteiger partial charge is 0.507 e. The van der Waals surface area contributed by atoms with E-state index in [9.17, 15) is 15.0 Å². The Morgan fingerprint density at radius 3 is 2.83 bits per heavy atom. The van der Waals surface area contributed by atoms with Crippen molar-refractivity contribution in [3.05, 3.63) is 44.6 Å². The van der Waals surface area contributed by atoms with Gasteiger partial charge in [0.2, 0.25) is 5.88 Å². The molecule has 92 valence electrons. The number of rotatable bonds is 2. The van der Waals surface area contributed by atoms with Gasteiger partial charge < -0.3 is 14.6 Å². The van der Waals surface area contributed by atoms with Crippen LogP contribution in [0.1, 0.15) is 10.4 Å². The molecule has 1 aromatic carbocycles. The van der Waals surface area contributed by atoms with Gasteiger partial charge in [0.15, 0.2) is 0 Å². The number of benzene rings is 1. The topological polar surface area (TPSA) is 86.5 Å². The van der Waals surface area contributed by atoms with Crippen molar-refractivity contribution in [3.8, 4) is 11.6 Å². The van der Waals surface area contributed by atoms with Crippen LogP contribution in [0.4, 0.5) is 0 Å². The molecule has 2 aromatic heterocycles. The van der Waals surface area contributed by atoms with Crippen LogP contribution in [0.5, 0.6) is 11.6 Å². The minimum absolute atomic E-state index is 0.113. The second-order valence-electron chi connectivity index (χ2n) is 3.87. The second-order valence-corrected chi connectivity index (χ2v) is 4.94. The van der Waals surface area contributed by atoms with Gasteiger partial charge in [-0.05, 0) is 12.1 Å². The lowest BCUT2D eigenvalue weighted by Gasteiger charge is -2.02. The number of phenolic OH excluding ortho intramolecular Hbond substituents is 1. The predicted molar refractivity (Wildman–Crippen MR) is 67.3 cm³/mol. The number of fused-ring (bicyclic) bond motifs is 1. The number of aromatic hydroxyl groups is 2. The summed E-state index contributed by atoms with van der Waals surface area (Å²) in [7, 11) is 0. The number of thiazole rings is 1. The zero-order valence-corrected chi connectivity index (χ0v) is 9.95. The summed E-state index contributed by atoms with van der Waals surface area (Å²) in [6, 6.07) is 4.96. The monoisotopic (exact) mass is 263 g/mol. The van der Waals surface area contributed by atoms with Crippen molar-refractivity contribution in [2.45, 2.75) is 6.42 Å². The van der Waals surface area contributed by atoms with Crippen molar-refractivity contribution in [1.29, 1.82) is 0 Å². The van der Waals surface area contributed by atoms with E-state index in [0.717, 1.165) is 16.9 Å². The van der Waals surface area contributed by atoms with Gasteiger partial charge in [-0.2, -0.15) is 0 Å². The third-order valence-electron chi connectivity index (χ3n) is 2.73. The molecule has 0 aliphatic rings. The fourth-order valence-corrected chi connectivity index (χ4v) is 2.64. The first-order valence-electron chi connectivity index (χ1n) is 5.24. The van der Waals surface area contributed by atoms with Gasteiger partial charge in [-0.15, -0.1) is 0 Å². The van der Waals surface area contributed by atoms with E-state index in [2.05, 4.69) is 4.98 Å². The minimum Gasteiger partial charge on any atom is -0.507 e. The van der Waals surface area contributed by atoms with Gasteiger partial charge in [0, 0.05) is 12.0 Å². The highest BCUT2D eigenvalue weighted by atomic mass is 32.1. The maximum atomic E-state index is 11.1. The minimum atomic E-state index is -0.294. The molecule has 0 amide bonds. The summed E-state index contributed by atoms with van der Waals surface area (Å²) in [4.78, 5) is 13.7. The average molecular weight is 263 g/mol. The van der Waals surface area contributed by atoms with Gasteiger partial charge in [-0.3, -0.25) is 9.78 Å². The third kappa shape index (κ3) is 1.67. The van der Waals surface area contributed by atoms with Crippen LogP contribution in [-0.2, 0) is 6.42 Å². The summed E-state index contributed by atoms with van der Waals surface area (Å²) in [5, 5.41) is 19.8. The average Bonchev–Trinajstić information content (AvgIpc) is 2.91. The molecule has 18 heavy (non-hydrogen) atoms. The molecule has 0 spiro atoms. The van der Waals surface area contributed by atoms with Crippen molar-refractivity contribution in [1.82, 2.24) is 4.98 Å². The molecule has 2 heterocycles. The first kappa shape index (κ1) is 10.9. The Balaban J connectivity index is 2.10. The zero-order valence-electron chi connectivity index (χ0n) is 9.14. The van der Waals surface area contributed by atoms with Crippen LogP contribution in [0.25, 0.3) is 11.0 Å². The Morgan fingerprint density at radius 1 is 1.28 bits per heavy atom. The third-order valence-corrected chi connectivity index (χ3v) is 3.60. The Kier molecular flexibility index (Phi) is 2.38. The molecule has 5 nitrogen and oxygen atoms in total. The van der Waals surface area contributed by atoms with Crippen LogP contribution >= 0.6 is 11.3 Å². The predicted octanol–water partition coefficient (Wildman–Crippen LogP) is 2.18. The number of aromatic nitrogens is 1. The van der Waals surface area contributed by atoms with E-state index >= 15 is 0 Å². The van der Waals surface area contributed by atoms with Crippen LogP contribution in [0.3, 0.4) is 0 Å². The molecule has 0 radical (unpaired) electrons. The van der Waals surface area contributed by atoms with E-state index in [1.807, 2.05) is 0 Å². The summed E-state index contributed by atoms with van der Waals surface area (Å²) in [5.74, 6) is 0.0340. The maximum Gasteiger partial charge on any atom is 0.307 e. The highest BCUT2D eigenvalue weighted by Crippen LogP contribution is 2.31. The molecular weight excluding hydrogens is 254 g/mol. The van der Waals surface area contributed by atoms with Crippen LogP contribution in [0, 0.1) is 0 Å². The number of nitrogens with one attached hydrogen (secondary N) is 1. The quantitative estimate of drug-likeness (QED) is 0.661. The fraction of sp³-hybridized carbons (Fsp3) is 0.0833. The second kappa shape index (κ2) is 3.92. The summed E-state index contributed by atoms with van der Waals surface area (Å²) in [6.45, 7) is 0. The Bertz CT molecular complexity index is 768. The fourth-order valence-electron chi connectivity index (χ4n) is 1.89. The van der Waals surface area contributed by atoms with Crippen LogP contribution in [-0.4, -0.2) is 15.2 Å². The van der Waals surface area contributed by atoms with Crippen molar-refractivity contribution in [2.75, 3.05) is 0 Å². The number of hydrogen-bond donors (Lipinski definition) is 3. The van der Waals surface area contributed by atoms with Gasteiger partial charge >= 0.3 is 4.87 Å². The molecular formula is C12H9NO4S. The van der Waals surface area contributed by atoms with Crippen LogP contribution in [0.15, 0.2) is 33.7 Å². The van der Waals surface area contributed by atoms with Crippen molar-refractivity contribution >= 4 is 22.3 Å². The SMILES string of the molecule is O=c1[nH]c(O)c(Cc2ccc(O)c3ccoc23)s1. The van der Waals surface area contributed by atoms with Crippen LogP contribution < -0.4 is 4.87 Å². The molecule has 0 bridgehead atoms. The normalized spacial score (nSPS) is 11.1. The van der Waals surface area contributed by atoms with E-state index in [0.29, 0.717) is 22.3 Å². The Morgan fingerprint density at radius 2 is 2.11 bits per heavy atom. The highest BCUT2D eigenvalue weighted by Gasteiger charge is 2.13. The summed E-state index contributed by atoms with van der Waals surface area (Å²) in [6.07, 6.45) is 1.87. The Labute approximate surface area is 105 Å². The van der Waals surface area contributed by atoms with Gasteiger partial charge in [0.25, 0.3) is 0 Å². The number of hydrogen-bond acceptors (Lipinski definition) is 5. The molecule has 0 unspecified atom stereocenters. The lowest BCUT2D eigenvalue weighted by molar-refractivity contribution is 0.451. The van der Waals surface area contributed by atoms with E-state index in [1.165, 1.54) is 6.26 Å². The maximum absolute atomic E-state index is 11.1. The van der Waals surface area contributed by atoms with E-state index < -0.39 is 0 Å². The Hall–Kier alpha value is -2.21. The zero-order chi connectivity index (χ0) is 12.7. The van der Waals surface area contributed by atoms with Crippen molar-refractivity contribution in [2.24, 2.45) is 0 Å². The summed E-state index contributed by atoms with van der Waals surface area (Å²) < 4.78 is 5.32. The molecule has 3 N–H and O–H groups in total. The highest BCUT2D eigenvalue weighted by molar-refractivity contribution is 7.09. The number of aromatic amines is 1.